The maximum atomic E-state index is 13.9. The van der Waals surface area contributed by atoms with Crippen molar-refractivity contribution in [1.82, 2.24) is 9.88 Å². The number of hydrogen-bond donors (Lipinski definition) is 2. The number of aliphatic carboxylic acids is 1. The highest BCUT2D eigenvalue weighted by molar-refractivity contribution is 7.99. The van der Waals surface area contributed by atoms with Crippen LogP contribution in [0.2, 0.25) is 5.02 Å². The van der Waals surface area contributed by atoms with Crippen LogP contribution in [0.3, 0.4) is 0 Å². The molecule has 1 aromatic heterocycles. The first-order valence-corrected chi connectivity index (χ1v) is 13.4. The van der Waals surface area contributed by atoms with E-state index < -0.39 is 29.1 Å². The number of carboxylic acids is 1. The molecule has 0 amide bonds. The zero-order chi connectivity index (χ0) is 26.6. The fraction of sp³-hybridized carbons (Fsp3) is 0.407. The van der Waals surface area contributed by atoms with E-state index in [4.69, 9.17) is 16.3 Å². The van der Waals surface area contributed by atoms with Crippen LogP contribution in [0, 0.1) is 17.0 Å². The standard InChI is InChI=1S/C27H29ClF2N2O4S/c1-36-17-5-6-22-18(15-17)24(19(28)16-31-22)23(33)7-8-27(26(34)35)9-11-32(12-10-27)13-14-37-25-20(29)3-2-4-21(25)30/h2-6,15-16,23,33H,7-14H2,1H3,(H,34,35). The zero-order valence-corrected chi connectivity index (χ0v) is 22.0. The third kappa shape index (κ3) is 6.17. The molecule has 1 aliphatic rings. The number of piperidine rings is 1. The molecule has 2 heterocycles. The number of aliphatic hydroxyl groups is 1. The smallest absolute Gasteiger partial charge is 0.309 e. The SMILES string of the molecule is COc1ccc2ncc(Cl)c(C(O)CCC3(C(=O)O)CCN(CCSc4c(F)cccc4F)CC3)c2c1. The van der Waals surface area contributed by atoms with E-state index in [9.17, 15) is 23.8 Å². The summed E-state index contributed by atoms with van der Waals surface area (Å²) in [5.74, 6) is -0.932. The number of aromatic nitrogens is 1. The Labute approximate surface area is 223 Å². The first kappa shape index (κ1) is 27.6. The summed E-state index contributed by atoms with van der Waals surface area (Å²) in [7, 11) is 1.55. The quantitative estimate of drug-likeness (QED) is 0.302. The van der Waals surface area contributed by atoms with Crippen LogP contribution in [-0.4, -0.2) is 58.6 Å². The molecule has 0 bridgehead atoms. The number of pyridine rings is 1. The minimum Gasteiger partial charge on any atom is -0.497 e. The normalized spacial score (nSPS) is 16.6. The summed E-state index contributed by atoms with van der Waals surface area (Å²) >= 11 is 7.53. The van der Waals surface area contributed by atoms with Gasteiger partial charge < -0.3 is 19.8 Å². The van der Waals surface area contributed by atoms with Crippen molar-refractivity contribution < 1.29 is 28.5 Å². The van der Waals surface area contributed by atoms with E-state index in [1.165, 1.54) is 24.4 Å². The van der Waals surface area contributed by atoms with E-state index in [-0.39, 0.29) is 17.7 Å². The molecule has 4 rings (SSSR count). The second-order valence-corrected chi connectivity index (χ2v) is 10.8. The minimum atomic E-state index is -0.966. The van der Waals surface area contributed by atoms with E-state index in [1.807, 2.05) is 0 Å². The molecule has 3 aromatic rings. The molecular formula is C27H29ClF2N2O4S. The number of benzene rings is 2. The van der Waals surface area contributed by atoms with Gasteiger partial charge in [0, 0.05) is 29.4 Å². The third-order valence-electron chi connectivity index (χ3n) is 7.14. The van der Waals surface area contributed by atoms with Crippen LogP contribution in [0.15, 0.2) is 47.5 Å². The molecule has 6 nitrogen and oxygen atoms in total. The van der Waals surface area contributed by atoms with Gasteiger partial charge in [-0.15, -0.1) is 11.8 Å². The molecule has 10 heteroatoms. The van der Waals surface area contributed by atoms with E-state index in [2.05, 4.69) is 9.88 Å². The number of fused-ring (bicyclic) bond motifs is 1. The van der Waals surface area contributed by atoms with E-state index in [0.717, 1.165) is 11.8 Å². The molecule has 198 valence electrons. The molecule has 2 N–H and O–H groups in total. The maximum absolute atomic E-state index is 13.9. The van der Waals surface area contributed by atoms with Crippen LogP contribution >= 0.6 is 23.4 Å². The van der Waals surface area contributed by atoms with Crippen LogP contribution in [-0.2, 0) is 4.79 Å². The second-order valence-electron chi connectivity index (χ2n) is 9.28. The lowest BCUT2D eigenvalue weighted by molar-refractivity contribution is -0.153. The van der Waals surface area contributed by atoms with Crippen LogP contribution in [0.5, 0.6) is 5.75 Å². The van der Waals surface area contributed by atoms with Gasteiger partial charge in [-0.25, -0.2) is 8.78 Å². The predicted molar refractivity (Wildman–Crippen MR) is 140 cm³/mol. The van der Waals surface area contributed by atoms with Gasteiger partial charge in [0.2, 0.25) is 0 Å². The molecule has 2 aromatic carbocycles. The van der Waals surface area contributed by atoms with Gasteiger partial charge in [0.05, 0.1) is 34.1 Å². The number of carboxylic acid groups (broad SMARTS) is 1. The van der Waals surface area contributed by atoms with Gasteiger partial charge in [0.15, 0.2) is 0 Å². The lowest BCUT2D eigenvalue weighted by Crippen LogP contribution is -2.45. The molecular weight excluding hydrogens is 522 g/mol. The minimum absolute atomic E-state index is 0.00768. The van der Waals surface area contributed by atoms with Gasteiger partial charge >= 0.3 is 5.97 Å². The van der Waals surface area contributed by atoms with Crippen molar-refractivity contribution in [3.8, 4) is 5.75 Å². The van der Waals surface area contributed by atoms with Crippen molar-refractivity contribution in [1.29, 1.82) is 0 Å². The van der Waals surface area contributed by atoms with Crippen molar-refractivity contribution >= 4 is 40.2 Å². The fourth-order valence-electron chi connectivity index (χ4n) is 4.86. The Kier molecular flexibility index (Phi) is 8.90. The summed E-state index contributed by atoms with van der Waals surface area (Å²) < 4.78 is 33.0. The van der Waals surface area contributed by atoms with Gasteiger partial charge in [-0.1, -0.05) is 17.7 Å². The van der Waals surface area contributed by atoms with Gasteiger partial charge in [-0.3, -0.25) is 9.78 Å². The number of nitrogens with zero attached hydrogens (tertiary/aromatic N) is 2. The number of hydrogen-bond acceptors (Lipinski definition) is 6. The first-order chi connectivity index (χ1) is 17.7. The van der Waals surface area contributed by atoms with E-state index in [0.29, 0.717) is 65.5 Å². The Hall–Kier alpha value is -2.46. The molecule has 1 saturated heterocycles. The average Bonchev–Trinajstić information content (AvgIpc) is 2.89. The lowest BCUT2D eigenvalue weighted by atomic mass is 9.74. The monoisotopic (exact) mass is 550 g/mol. The van der Waals surface area contributed by atoms with Crippen LogP contribution in [0.25, 0.3) is 10.9 Å². The highest BCUT2D eigenvalue weighted by Gasteiger charge is 2.41. The second kappa shape index (κ2) is 11.9. The Morgan fingerprint density at radius 3 is 2.59 bits per heavy atom. The largest absolute Gasteiger partial charge is 0.497 e. The van der Waals surface area contributed by atoms with Crippen molar-refractivity contribution in [2.75, 3.05) is 32.5 Å². The van der Waals surface area contributed by atoms with Gasteiger partial charge in [-0.2, -0.15) is 0 Å². The average molecular weight is 551 g/mol. The number of halogens is 3. The fourth-order valence-corrected chi connectivity index (χ4v) is 6.11. The van der Waals surface area contributed by atoms with Crippen molar-refractivity contribution in [2.24, 2.45) is 5.41 Å². The Morgan fingerprint density at radius 2 is 1.95 bits per heavy atom. The number of aliphatic hydroxyl groups excluding tert-OH is 1. The highest BCUT2D eigenvalue weighted by atomic mass is 35.5. The number of methoxy groups -OCH3 is 1. The van der Waals surface area contributed by atoms with E-state index in [1.54, 1.807) is 25.3 Å². The summed E-state index contributed by atoms with van der Waals surface area (Å²) in [6, 6.07) is 9.14. The highest BCUT2D eigenvalue weighted by Crippen LogP contribution is 2.41. The molecule has 1 aliphatic heterocycles. The topological polar surface area (TPSA) is 82.9 Å². The number of thioether (sulfide) groups is 1. The Balaban J connectivity index is 1.38. The van der Waals surface area contributed by atoms with Gasteiger partial charge in [-0.05, 0) is 69.1 Å². The molecule has 1 fully saturated rings. The summed E-state index contributed by atoms with van der Waals surface area (Å²) in [4.78, 5) is 18.8. The summed E-state index contributed by atoms with van der Waals surface area (Å²) in [6.45, 7) is 1.70. The first-order valence-electron chi connectivity index (χ1n) is 12.1. The number of ether oxygens (including phenoxy) is 1. The summed E-state index contributed by atoms with van der Waals surface area (Å²) in [5.41, 5.74) is 0.213. The van der Waals surface area contributed by atoms with Gasteiger partial charge in [0.1, 0.15) is 17.4 Å². The van der Waals surface area contributed by atoms with Crippen molar-refractivity contribution in [2.45, 2.75) is 36.7 Å². The molecule has 0 saturated carbocycles. The maximum Gasteiger partial charge on any atom is 0.309 e. The summed E-state index contributed by atoms with van der Waals surface area (Å²) in [5, 5.41) is 22.2. The predicted octanol–water partition coefficient (Wildman–Crippen LogP) is 5.95. The zero-order valence-electron chi connectivity index (χ0n) is 20.4. The number of rotatable bonds is 10. The molecule has 0 radical (unpaired) electrons. The third-order valence-corrected chi connectivity index (χ3v) is 8.50. The number of likely N-dealkylation sites (tertiary alicyclic amines) is 1. The van der Waals surface area contributed by atoms with Crippen LogP contribution in [0.4, 0.5) is 8.78 Å². The Bertz CT molecular complexity index is 1250. The van der Waals surface area contributed by atoms with Crippen molar-refractivity contribution in [3.63, 3.8) is 0 Å². The molecule has 1 atom stereocenters. The lowest BCUT2D eigenvalue weighted by Gasteiger charge is -2.39. The number of carbonyl (C=O) groups is 1. The van der Waals surface area contributed by atoms with Crippen LogP contribution < -0.4 is 4.74 Å². The van der Waals surface area contributed by atoms with Crippen LogP contribution in [0.1, 0.15) is 37.4 Å². The molecule has 0 spiro atoms. The van der Waals surface area contributed by atoms with Gasteiger partial charge in [0.25, 0.3) is 0 Å². The molecule has 0 aliphatic carbocycles. The molecule has 37 heavy (non-hydrogen) atoms. The Morgan fingerprint density at radius 1 is 1.24 bits per heavy atom. The van der Waals surface area contributed by atoms with E-state index >= 15 is 0 Å². The van der Waals surface area contributed by atoms with Crippen molar-refractivity contribution in [3.05, 3.63) is 64.8 Å². The summed E-state index contributed by atoms with van der Waals surface area (Å²) in [6.07, 6.45) is 1.89. The molecule has 1 unspecified atom stereocenters.